The Labute approximate surface area is 179 Å². The second-order valence-corrected chi connectivity index (χ2v) is 8.48. The van der Waals surface area contributed by atoms with E-state index in [-0.39, 0.29) is 17.9 Å². The highest BCUT2D eigenvalue weighted by molar-refractivity contribution is 6.16. The number of nitrogens with zero attached hydrogens (tertiary/aromatic N) is 2. The Hall–Kier alpha value is -2.83. The van der Waals surface area contributed by atoms with Crippen LogP contribution in [0.2, 0.25) is 0 Å². The van der Waals surface area contributed by atoms with Crippen molar-refractivity contribution in [3.05, 3.63) is 58.4 Å². The maximum absolute atomic E-state index is 13.3. The molecule has 4 nitrogen and oxygen atoms in total. The number of carbonyl (C=O) groups excluding carboxylic acids is 1. The van der Waals surface area contributed by atoms with Crippen molar-refractivity contribution in [2.45, 2.75) is 32.9 Å². The summed E-state index contributed by atoms with van der Waals surface area (Å²) in [5, 5.41) is 0. The fraction of sp³-hybridized carbons (Fsp3) is 0.417. The SMILES string of the molecule is COc1cc2c(cc1N1CCC(C)C(C)C1)C/C(=C\c1ncccc1C(F)(F)F)C2=O. The highest BCUT2D eigenvalue weighted by Crippen LogP contribution is 2.40. The second-order valence-electron chi connectivity index (χ2n) is 8.48. The molecule has 2 aromatic rings. The summed E-state index contributed by atoms with van der Waals surface area (Å²) in [4.78, 5) is 19.1. The summed E-state index contributed by atoms with van der Waals surface area (Å²) in [6.07, 6.45) is -0.617. The monoisotopic (exact) mass is 430 g/mol. The number of ether oxygens (including phenoxy) is 1. The molecule has 1 saturated heterocycles. The predicted molar refractivity (Wildman–Crippen MR) is 113 cm³/mol. The van der Waals surface area contributed by atoms with Crippen molar-refractivity contribution in [2.75, 3.05) is 25.1 Å². The molecule has 0 bridgehead atoms. The summed E-state index contributed by atoms with van der Waals surface area (Å²) < 4.78 is 45.5. The average Bonchev–Trinajstić information content (AvgIpc) is 3.03. The molecule has 2 heterocycles. The summed E-state index contributed by atoms with van der Waals surface area (Å²) in [6, 6.07) is 5.90. The number of alkyl halides is 3. The first-order valence-electron chi connectivity index (χ1n) is 10.4. The molecule has 0 radical (unpaired) electrons. The number of methoxy groups -OCH3 is 1. The van der Waals surface area contributed by atoms with Gasteiger partial charge in [0, 0.05) is 36.8 Å². The Morgan fingerprint density at radius 1 is 1.23 bits per heavy atom. The molecule has 0 saturated carbocycles. The Balaban J connectivity index is 1.69. The van der Waals surface area contributed by atoms with Crippen LogP contribution in [0.3, 0.4) is 0 Å². The molecule has 0 amide bonds. The number of fused-ring (bicyclic) bond motifs is 1. The number of piperidine rings is 1. The Morgan fingerprint density at radius 3 is 2.68 bits per heavy atom. The fourth-order valence-electron chi connectivity index (χ4n) is 4.37. The summed E-state index contributed by atoms with van der Waals surface area (Å²) in [6.45, 7) is 6.28. The van der Waals surface area contributed by atoms with Crippen LogP contribution >= 0.6 is 0 Å². The quantitative estimate of drug-likeness (QED) is 0.611. The van der Waals surface area contributed by atoms with Crippen molar-refractivity contribution >= 4 is 17.5 Å². The zero-order chi connectivity index (χ0) is 22.3. The number of carbonyl (C=O) groups is 1. The third-order valence-electron chi connectivity index (χ3n) is 6.45. The number of benzene rings is 1. The first-order chi connectivity index (χ1) is 14.7. The maximum Gasteiger partial charge on any atom is 0.418 e. The van der Waals surface area contributed by atoms with E-state index in [1.807, 2.05) is 6.07 Å². The van der Waals surface area contributed by atoms with Crippen LogP contribution in [0.25, 0.3) is 6.08 Å². The van der Waals surface area contributed by atoms with E-state index < -0.39 is 11.7 Å². The van der Waals surface area contributed by atoms with Gasteiger partial charge in [0.05, 0.1) is 24.1 Å². The molecule has 2 aliphatic rings. The summed E-state index contributed by atoms with van der Waals surface area (Å²) >= 11 is 0. The average molecular weight is 430 g/mol. The molecule has 2 unspecified atom stereocenters. The molecule has 2 atom stereocenters. The van der Waals surface area contributed by atoms with Gasteiger partial charge in [0.25, 0.3) is 0 Å². The summed E-state index contributed by atoms with van der Waals surface area (Å²) in [7, 11) is 1.57. The topological polar surface area (TPSA) is 42.4 Å². The van der Waals surface area contributed by atoms with Crippen LogP contribution in [-0.4, -0.2) is 31.0 Å². The minimum absolute atomic E-state index is 0.239. The molecule has 1 aromatic heterocycles. The number of hydrogen-bond acceptors (Lipinski definition) is 4. The summed E-state index contributed by atoms with van der Waals surface area (Å²) in [5.74, 6) is 1.52. The minimum atomic E-state index is -4.53. The van der Waals surface area contributed by atoms with Crippen molar-refractivity contribution in [3.8, 4) is 5.75 Å². The van der Waals surface area contributed by atoms with Gasteiger partial charge in [-0.25, -0.2) is 0 Å². The van der Waals surface area contributed by atoms with Crippen molar-refractivity contribution in [1.82, 2.24) is 4.98 Å². The van der Waals surface area contributed by atoms with Crippen LogP contribution in [0, 0.1) is 11.8 Å². The smallest absolute Gasteiger partial charge is 0.418 e. The number of halogens is 3. The van der Waals surface area contributed by atoms with Gasteiger partial charge in [-0.2, -0.15) is 13.2 Å². The van der Waals surface area contributed by atoms with E-state index in [1.54, 1.807) is 13.2 Å². The minimum Gasteiger partial charge on any atom is -0.495 e. The third kappa shape index (κ3) is 4.05. The molecule has 1 aliphatic carbocycles. The zero-order valence-electron chi connectivity index (χ0n) is 17.8. The van der Waals surface area contributed by atoms with Crippen LogP contribution in [0.4, 0.5) is 18.9 Å². The van der Waals surface area contributed by atoms with E-state index in [2.05, 4.69) is 23.7 Å². The van der Waals surface area contributed by atoms with Gasteiger partial charge in [-0.3, -0.25) is 9.78 Å². The molecule has 31 heavy (non-hydrogen) atoms. The summed E-state index contributed by atoms with van der Waals surface area (Å²) in [5.41, 5.74) is 1.44. The predicted octanol–water partition coefficient (Wildman–Crippen LogP) is 5.41. The lowest BCUT2D eigenvalue weighted by Gasteiger charge is -2.37. The van der Waals surface area contributed by atoms with Crippen molar-refractivity contribution in [3.63, 3.8) is 0 Å². The van der Waals surface area contributed by atoms with Crippen molar-refractivity contribution in [1.29, 1.82) is 0 Å². The molecule has 1 aliphatic heterocycles. The highest BCUT2D eigenvalue weighted by atomic mass is 19.4. The number of Topliss-reactive ketones (excluding diaryl/α,β-unsaturated/α-hetero) is 1. The van der Waals surface area contributed by atoms with Crippen LogP contribution in [0.1, 0.15) is 47.4 Å². The number of anilines is 1. The Morgan fingerprint density at radius 2 is 2.00 bits per heavy atom. The van der Waals surface area contributed by atoms with Gasteiger partial charge >= 0.3 is 6.18 Å². The van der Waals surface area contributed by atoms with Crippen LogP contribution in [-0.2, 0) is 12.6 Å². The number of allylic oxidation sites excluding steroid dienone is 1. The van der Waals surface area contributed by atoms with Gasteiger partial charge in [-0.15, -0.1) is 0 Å². The van der Waals surface area contributed by atoms with E-state index in [1.165, 1.54) is 18.3 Å². The molecule has 1 fully saturated rings. The number of ketones is 1. The Bertz CT molecular complexity index is 1050. The van der Waals surface area contributed by atoms with E-state index >= 15 is 0 Å². The lowest BCUT2D eigenvalue weighted by Crippen LogP contribution is -2.38. The van der Waals surface area contributed by atoms with Crippen molar-refractivity contribution < 1.29 is 22.7 Å². The van der Waals surface area contributed by atoms with Gasteiger partial charge in [0.1, 0.15) is 5.75 Å². The molecule has 0 N–H and O–H groups in total. The van der Waals surface area contributed by atoms with Gasteiger partial charge in [-0.05, 0) is 54.2 Å². The first-order valence-corrected chi connectivity index (χ1v) is 10.4. The van der Waals surface area contributed by atoms with E-state index in [9.17, 15) is 18.0 Å². The lowest BCUT2D eigenvalue weighted by atomic mass is 9.88. The van der Waals surface area contributed by atoms with Gasteiger partial charge in [0.15, 0.2) is 5.78 Å². The standard InChI is InChI=1S/C24H25F3N2O2/c1-14-6-8-29(13-15(14)2)21-11-16-9-17(23(30)18(16)12-22(21)31-3)10-20-19(24(25,26)27)5-4-7-28-20/h4-5,7,10-12,14-15H,6,8-9,13H2,1-3H3/b17-10+. The molecular weight excluding hydrogens is 405 g/mol. The lowest BCUT2D eigenvalue weighted by molar-refractivity contribution is -0.138. The van der Waals surface area contributed by atoms with Gasteiger partial charge in [0.2, 0.25) is 0 Å². The second kappa shape index (κ2) is 8.02. The maximum atomic E-state index is 13.3. The molecule has 164 valence electrons. The first kappa shape index (κ1) is 21.4. The number of aromatic nitrogens is 1. The molecule has 1 aromatic carbocycles. The van der Waals surface area contributed by atoms with Crippen LogP contribution in [0.15, 0.2) is 36.0 Å². The largest absolute Gasteiger partial charge is 0.495 e. The zero-order valence-corrected chi connectivity index (χ0v) is 17.8. The van der Waals surface area contributed by atoms with Gasteiger partial charge < -0.3 is 9.64 Å². The Kier molecular flexibility index (Phi) is 5.54. The number of pyridine rings is 1. The third-order valence-corrected chi connectivity index (χ3v) is 6.45. The van der Waals surface area contributed by atoms with E-state index in [4.69, 9.17) is 4.74 Å². The van der Waals surface area contributed by atoms with Crippen LogP contribution in [0.5, 0.6) is 5.75 Å². The fourth-order valence-corrected chi connectivity index (χ4v) is 4.37. The van der Waals surface area contributed by atoms with Gasteiger partial charge in [-0.1, -0.05) is 13.8 Å². The van der Waals surface area contributed by atoms with E-state index in [0.717, 1.165) is 36.8 Å². The number of hydrogen-bond donors (Lipinski definition) is 0. The molecule has 0 spiro atoms. The molecular formula is C24H25F3N2O2. The van der Waals surface area contributed by atoms with Crippen molar-refractivity contribution in [2.24, 2.45) is 11.8 Å². The molecule has 4 rings (SSSR count). The van der Waals surface area contributed by atoms with Crippen LogP contribution < -0.4 is 9.64 Å². The normalized spacial score (nSPS) is 22.7. The van der Waals surface area contributed by atoms with E-state index in [0.29, 0.717) is 28.7 Å². The highest BCUT2D eigenvalue weighted by Gasteiger charge is 2.35. The molecule has 7 heteroatoms. The number of rotatable bonds is 3.